The summed E-state index contributed by atoms with van der Waals surface area (Å²) in [6.45, 7) is 2.01. The predicted molar refractivity (Wildman–Crippen MR) is 97.2 cm³/mol. The van der Waals surface area contributed by atoms with E-state index in [0.717, 1.165) is 16.5 Å². The van der Waals surface area contributed by atoms with Crippen LogP contribution >= 0.6 is 38.5 Å². The molecule has 0 unspecified atom stereocenters. The van der Waals surface area contributed by atoms with Crippen molar-refractivity contribution in [2.75, 3.05) is 5.32 Å². The van der Waals surface area contributed by atoms with Crippen molar-refractivity contribution in [2.24, 2.45) is 0 Å². The van der Waals surface area contributed by atoms with Crippen LogP contribution in [0.5, 0.6) is 0 Å². The first-order chi connectivity index (χ1) is 10.5. The molecule has 0 saturated carbocycles. The van der Waals surface area contributed by atoms with E-state index < -0.39 is 5.91 Å². The third kappa shape index (κ3) is 3.99. The molecule has 0 saturated heterocycles. The Balaban J connectivity index is 2.24. The van der Waals surface area contributed by atoms with E-state index >= 15 is 0 Å². The van der Waals surface area contributed by atoms with E-state index in [9.17, 15) is 10.1 Å². The second-order valence-electron chi connectivity index (χ2n) is 4.41. The van der Waals surface area contributed by atoms with Crippen LogP contribution in [0.3, 0.4) is 0 Å². The average molecular weight is 471 g/mol. The summed E-state index contributed by atoms with van der Waals surface area (Å²) >= 11 is 5.35. The molecule has 0 atom stereocenters. The summed E-state index contributed by atoms with van der Waals surface area (Å²) in [6.07, 6.45) is 2.22. The maximum Gasteiger partial charge on any atom is 0.266 e. The number of aryl methyl sites for hydroxylation is 1. The Morgan fingerprint density at radius 1 is 1.50 bits per heavy atom. The number of furan rings is 1. The van der Waals surface area contributed by atoms with Gasteiger partial charge in [0.2, 0.25) is 0 Å². The van der Waals surface area contributed by atoms with E-state index in [1.165, 1.54) is 6.08 Å². The number of nitrogens with one attached hydrogen (secondary N) is 1. The number of carbonyl (C=O) groups is 1. The number of para-hydroxylation sites is 1. The van der Waals surface area contributed by atoms with Gasteiger partial charge in [-0.25, -0.2) is 0 Å². The number of hydrogen-bond acceptors (Lipinski definition) is 3. The first kappa shape index (κ1) is 16.8. The summed E-state index contributed by atoms with van der Waals surface area (Å²) in [4.78, 5) is 12.3. The van der Waals surface area contributed by atoms with E-state index in [0.29, 0.717) is 15.2 Å². The maximum atomic E-state index is 12.3. The molecule has 2 aromatic rings. The molecule has 0 fully saturated rings. The van der Waals surface area contributed by atoms with Crippen molar-refractivity contribution in [3.63, 3.8) is 0 Å². The van der Waals surface area contributed by atoms with Crippen LogP contribution in [0.25, 0.3) is 6.08 Å². The van der Waals surface area contributed by atoms with Crippen LogP contribution in [0.1, 0.15) is 18.2 Å². The first-order valence-corrected chi connectivity index (χ1v) is 8.38. The smallest absolute Gasteiger partial charge is 0.266 e. The number of amides is 1. The monoisotopic (exact) mass is 470 g/mol. The van der Waals surface area contributed by atoms with E-state index in [-0.39, 0.29) is 5.57 Å². The third-order valence-electron chi connectivity index (χ3n) is 2.96. The Morgan fingerprint density at radius 3 is 2.82 bits per heavy atom. The summed E-state index contributed by atoms with van der Waals surface area (Å²) in [5, 5.41) is 12.0. The minimum Gasteiger partial charge on any atom is -0.450 e. The van der Waals surface area contributed by atoms with Crippen molar-refractivity contribution in [3.05, 3.63) is 55.5 Å². The van der Waals surface area contributed by atoms with Crippen LogP contribution in [0, 0.1) is 15.1 Å². The lowest BCUT2D eigenvalue weighted by atomic mass is 10.1. The van der Waals surface area contributed by atoms with E-state index in [2.05, 4.69) is 21.2 Å². The van der Waals surface area contributed by atoms with Gasteiger partial charge < -0.3 is 9.73 Å². The minimum absolute atomic E-state index is 0.0106. The highest BCUT2D eigenvalue weighted by atomic mass is 127. The Bertz CT molecular complexity index is 755. The molecule has 1 N–H and O–H groups in total. The number of anilines is 1. The fourth-order valence-electron chi connectivity index (χ4n) is 1.87. The Morgan fingerprint density at radius 2 is 2.23 bits per heavy atom. The van der Waals surface area contributed by atoms with Crippen molar-refractivity contribution >= 4 is 56.2 Å². The summed E-state index contributed by atoms with van der Waals surface area (Å²) in [5.74, 6) is -0.00215. The SMILES string of the molecule is CCc1ccccc1NC(=O)C(C#N)=Cc1cc(Br)c(I)o1. The summed E-state index contributed by atoms with van der Waals surface area (Å²) in [6, 6.07) is 11.1. The fraction of sp³-hybridized carbons (Fsp3) is 0.125. The number of nitriles is 1. The Labute approximate surface area is 150 Å². The lowest BCUT2D eigenvalue weighted by molar-refractivity contribution is -0.112. The predicted octanol–water partition coefficient (Wildman–Crippen LogP) is 4.75. The zero-order chi connectivity index (χ0) is 16.1. The molecule has 6 heteroatoms. The highest BCUT2D eigenvalue weighted by Gasteiger charge is 2.13. The Kier molecular flexibility index (Phi) is 5.80. The molecule has 1 amide bonds. The fourth-order valence-corrected chi connectivity index (χ4v) is 2.58. The summed E-state index contributed by atoms with van der Waals surface area (Å²) < 4.78 is 6.87. The van der Waals surface area contributed by atoms with Crippen molar-refractivity contribution < 1.29 is 9.21 Å². The molecule has 112 valence electrons. The maximum absolute atomic E-state index is 12.3. The van der Waals surface area contributed by atoms with Crippen molar-refractivity contribution in [1.82, 2.24) is 0 Å². The lowest BCUT2D eigenvalue weighted by Gasteiger charge is -2.08. The first-order valence-electron chi connectivity index (χ1n) is 6.51. The van der Waals surface area contributed by atoms with Crippen LogP contribution in [0.4, 0.5) is 5.69 Å². The number of carbonyl (C=O) groups excluding carboxylic acids is 1. The van der Waals surface area contributed by atoms with Crippen LogP contribution in [0.2, 0.25) is 0 Å². The van der Waals surface area contributed by atoms with Gasteiger partial charge in [0, 0.05) is 34.4 Å². The average Bonchev–Trinajstić information content (AvgIpc) is 2.83. The zero-order valence-electron chi connectivity index (χ0n) is 11.7. The summed E-state index contributed by atoms with van der Waals surface area (Å²) in [7, 11) is 0. The van der Waals surface area contributed by atoms with Crippen molar-refractivity contribution in [3.8, 4) is 6.07 Å². The van der Waals surface area contributed by atoms with Gasteiger partial charge in [-0.05, 0) is 40.0 Å². The molecule has 1 aromatic carbocycles. The van der Waals surface area contributed by atoms with Crippen LogP contribution < -0.4 is 5.32 Å². The van der Waals surface area contributed by atoms with Crippen LogP contribution in [-0.2, 0) is 11.2 Å². The number of nitrogens with zero attached hydrogens (tertiary/aromatic N) is 1. The van der Waals surface area contributed by atoms with E-state index in [4.69, 9.17) is 4.42 Å². The molecule has 1 heterocycles. The normalized spacial score (nSPS) is 11.1. The van der Waals surface area contributed by atoms with Gasteiger partial charge in [-0.1, -0.05) is 25.1 Å². The number of rotatable bonds is 4. The summed E-state index contributed by atoms with van der Waals surface area (Å²) in [5.41, 5.74) is 1.72. The molecule has 0 radical (unpaired) electrons. The molecule has 0 aliphatic carbocycles. The highest BCUT2D eigenvalue weighted by Crippen LogP contribution is 2.25. The lowest BCUT2D eigenvalue weighted by Crippen LogP contribution is -2.14. The second-order valence-corrected chi connectivity index (χ2v) is 6.24. The third-order valence-corrected chi connectivity index (χ3v) is 5.09. The quantitative estimate of drug-likeness (QED) is 0.398. The molecule has 2 rings (SSSR count). The number of hydrogen-bond donors (Lipinski definition) is 1. The standard InChI is InChI=1S/C16H12BrIN2O2/c1-2-10-5-3-4-6-14(10)20-16(21)11(9-19)7-12-8-13(17)15(18)22-12/h3-8H,2H2,1H3,(H,20,21). The molecule has 0 spiro atoms. The molecular formula is C16H12BrIN2O2. The molecule has 22 heavy (non-hydrogen) atoms. The molecular weight excluding hydrogens is 459 g/mol. The number of halogens is 2. The van der Waals surface area contributed by atoms with Crippen molar-refractivity contribution in [1.29, 1.82) is 5.26 Å². The van der Waals surface area contributed by atoms with Crippen LogP contribution in [-0.4, -0.2) is 5.91 Å². The van der Waals surface area contributed by atoms with Gasteiger partial charge >= 0.3 is 0 Å². The Hall–Kier alpha value is -1.59. The zero-order valence-corrected chi connectivity index (χ0v) is 15.4. The van der Waals surface area contributed by atoms with Gasteiger partial charge in [0.25, 0.3) is 5.91 Å². The second kappa shape index (κ2) is 7.61. The molecule has 0 bridgehead atoms. The van der Waals surface area contributed by atoms with Crippen LogP contribution in [0.15, 0.2) is 44.8 Å². The highest BCUT2D eigenvalue weighted by molar-refractivity contribution is 14.1. The molecule has 1 aromatic heterocycles. The molecule has 0 aliphatic rings. The minimum atomic E-state index is -0.453. The van der Waals surface area contributed by atoms with Gasteiger partial charge in [-0.15, -0.1) is 0 Å². The molecule has 4 nitrogen and oxygen atoms in total. The topological polar surface area (TPSA) is 66.0 Å². The van der Waals surface area contributed by atoms with Crippen molar-refractivity contribution in [2.45, 2.75) is 13.3 Å². The number of benzene rings is 1. The van der Waals surface area contributed by atoms with E-state index in [1.54, 1.807) is 6.07 Å². The van der Waals surface area contributed by atoms with Gasteiger partial charge in [0.05, 0.1) is 4.47 Å². The molecule has 0 aliphatic heterocycles. The van der Waals surface area contributed by atoms with E-state index in [1.807, 2.05) is 59.8 Å². The van der Waals surface area contributed by atoms with Gasteiger partial charge in [-0.2, -0.15) is 5.26 Å². The van der Waals surface area contributed by atoms with Gasteiger partial charge in [0.15, 0.2) is 3.77 Å². The van der Waals surface area contributed by atoms with Gasteiger partial charge in [-0.3, -0.25) is 4.79 Å². The largest absolute Gasteiger partial charge is 0.450 e. The van der Waals surface area contributed by atoms with Gasteiger partial charge in [0.1, 0.15) is 17.4 Å².